The molecule has 2 aliphatic heterocycles. The fraction of sp³-hybridized carbons (Fsp3) is 0.381. The monoisotopic (exact) mass is 388 g/mol. The van der Waals surface area contributed by atoms with Gasteiger partial charge in [-0.2, -0.15) is 0 Å². The van der Waals surface area contributed by atoms with E-state index in [0.717, 1.165) is 43.3 Å². The third-order valence-corrected chi connectivity index (χ3v) is 5.97. The molecule has 3 nitrogen and oxygen atoms in total. The van der Waals surface area contributed by atoms with Gasteiger partial charge in [0.25, 0.3) is 0 Å². The average Bonchev–Trinajstić information content (AvgIpc) is 3.15. The molecular weight excluding hydrogens is 367 g/mol. The third-order valence-electron chi connectivity index (χ3n) is 5.48. The first-order chi connectivity index (χ1) is 12.6. The maximum atomic E-state index is 12.6. The Morgan fingerprint density at radius 1 is 0.885 bits per heavy atom. The molecule has 5 heteroatoms. The maximum absolute atomic E-state index is 12.6. The highest BCUT2D eigenvalue weighted by Crippen LogP contribution is 2.32. The molecule has 2 atom stereocenters. The van der Waals surface area contributed by atoms with Crippen LogP contribution in [0.5, 0.6) is 0 Å². The summed E-state index contributed by atoms with van der Waals surface area (Å²) in [4.78, 5) is 17.1. The van der Waals surface area contributed by atoms with Crippen LogP contribution in [0.3, 0.4) is 0 Å². The van der Waals surface area contributed by atoms with Crippen molar-refractivity contribution in [3.63, 3.8) is 0 Å². The molecule has 2 fully saturated rings. The number of fused-ring (bicyclic) bond motifs is 1. The van der Waals surface area contributed by atoms with Crippen molar-refractivity contribution in [2.45, 2.75) is 13.0 Å². The molecule has 0 unspecified atom stereocenters. The van der Waals surface area contributed by atoms with Crippen LogP contribution in [0.1, 0.15) is 11.1 Å². The van der Waals surface area contributed by atoms with Gasteiger partial charge in [0.05, 0.1) is 6.42 Å². The predicted molar refractivity (Wildman–Crippen MR) is 105 cm³/mol. The van der Waals surface area contributed by atoms with E-state index in [1.54, 1.807) is 0 Å². The fourth-order valence-electron chi connectivity index (χ4n) is 4.21. The van der Waals surface area contributed by atoms with Crippen molar-refractivity contribution in [3.8, 4) is 0 Å². The van der Waals surface area contributed by atoms with Gasteiger partial charge in [-0.3, -0.25) is 9.69 Å². The lowest BCUT2D eigenvalue weighted by Crippen LogP contribution is -2.34. The topological polar surface area (TPSA) is 23.6 Å². The molecule has 4 rings (SSSR count). The first-order valence-electron chi connectivity index (χ1n) is 9.06. The van der Waals surface area contributed by atoms with Gasteiger partial charge >= 0.3 is 0 Å². The molecule has 2 aromatic carbocycles. The van der Waals surface area contributed by atoms with Gasteiger partial charge in [-0.15, -0.1) is 0 Å². The summed E-state index contributed by atoms with van der Waals surface area (Å²) in [5.41, 5.74) is 2.28. The average molecular weight is 389 g/mol. The summed E-state index contributed by atoms with van der Waals surface area (Å²) in [7, 11) is 0. The van der Waals surface area contributed by atoms with Gasteiger partial charge in [0.15, 0.2) is 0 Å². The Balaban J connectivity index is 1.30. The second-order valence-corrected chi connectivity index (χ2v) is 8.32. The Kier molecular flexibility index (Phi) is 5.21. The Morgan fingerprint density at radius 2 is 1.58 bits per heavy atom. The molecule has 0 aromatic heterocycles. The number of carbonyl (C=O) groups excluding carboxylic acids is 1. The van der Waals surface area contributed by atoms with Crippen LogP contribution in [0, 0.1) is 11.8 Å². The lowest BCUT2D eigenvalue weighted by molar-refractivity contribution is -0.129. The van der Waals surface area contributed by atoms with Crippen LogP contribution < -0.4 is 0 Å². The summed E-state index contributed by atoms with van der Waals surface area (Å²) in [6, 6.07) is 15.6. The van der Waals surface area contributed by atoms with Gasteiger partial charge in [0.2, 0.25) is 5.91 Å². The Bertz CT molecular complexity index is 779. The molecule has 0 bridgehead atoms. The Hall–Kier alpha value is -1.55. The van der Waals surface area contributed by atoms with E-state index in [2.05, 4.69) is 11.0 Å². The molecule has 1 amide bonds. The number of carbonyl (C=O) groups is 1. The smallest absolute Gasteiger partial charge is 0.227 e. The van der Waals surface area contributed by atoms with E-state index in [9.17, 15) is 4.79 Å². The number of nitrogens with zero attached hydrogens (tertiary/aromatic N) is 2. The summed E-state index contributed by atoms with van der Waals surface area (Å²) in [5.74, 6) is 1.40. The third kappa shape index (κ3) is 4.06. The minimum atomic E-state index is 0.225. The number of hydrogen-bond donors (Lipinski definition) is 0. The normalized spacial score (nSPS) is 22.6. The van der Waals surface area contributed by atoms with Gasteiger partial charge in [-0.05, 0) is 47.2 Å². The van der Waals surface area contributed by atoms with Crippen LogP contribution in [0.4, 0.5) is 0 Å². The first kappa shape index (κ1) is 17.8. The van der Waals surface area contributed by atoms with Crippen molar-refractivity contribution in [1.29, 1.82) is 0 Å². The molecule has 2 heterocycles. The summed E-state index contributed by atoms with van der Waals surface area (Å²) in [5, 5.41) is 1.50. The van der Waals surface area contributed by atoms with E-state index < -0.39 is 0 Å². The van der Waals surface area contributed by atoms with Crippen molar-refractivity contribution in [2.24, 2.45) is 11.8 Å². The summed E-state index contributed by atoms with van der Waals surface area (Å²) >= 11 is 12.0. The van der Waals surface area contributed by atoms with E-state index in [0.29, 0.717) is 23.3 Å². The molecule has 2 aliphatic rings. The maximum Gasteiger partial charge on any atom is 0.227 e. The molecule has 0 radical (unpaired) electrons. The molecule has 0 N–H and O–H groups in total. The zero-order valence-corrected chi connectivity index (χ0v) is 16.1. The quantitative estimate of drug-likeness (QED) is 0.785. The van der Waals surface area contributed by atoms with Crippen LogP contribution in [0.25, 0.3) is 0 Å². The zero-order valence-electron chi connectivity index (χ0n) is 14.6. The highest BCUT2D eigenvalue weighted by molar-refractivity contribution is 6.30. The second-order valence-electron chi connectivity index (χ2n) is 7.45. The molecule has 2 aromatic rings. The van der Waals surface area contributed by atoms with Gasteiger partial charge < -0.3 is 4.90 Å². The molecule has 0 aliphatic carbocycles. The standard InChI is InChI=1S/C21H22Cl2N2O/c22-19-6-4-15(5-7-19)9-21(26)25-13-17-11-24(12-18(17)14-25)10-16-2-1-3-20(23)8-16/h1-8,17-18H,9-14H2/t17-,18-/m0/s1. The first-order valence-corrected chi connectivity index (χ1v) is 9.81. The van der Waals surface area contributed by atoms with Crippen molar-refractivity contribution in [2.75, 3.05) is 26.2 Å². The minimum absolute atomic E-state index is 0.225. The Morgan fingerprint density at radius 3 is 2.23 bits per heavy atom. The van der Waals surface area contributed by atoms with Crippen LogP contribution in [0.15, 0.2) is 48.5 Å². The van der Waals surface area contributed by atoms with Crippen molar-refractivity contribution in [3.05, 3.63) is 69.7 Å². The van der Waals surface area contributed by atoms with Gasteiger partial charge in [0, 0.05) is 42.8 Å². The second kappa shape index (κ2) is 7.59. The van der Waals surface area contributed by atoms with E-state index in [1.807, 2.05) is 47.4 Å². The van der Waals surface area contributed by atoms with Crippen molar-refractivity contribution in [1.82, 2.24) is 9.80 Å². The molecule has 0 spiro atoms. The van der Waals surface area contributed by atoms with E-state index in [4.69, 9.17) is 23.2 Å². The van der Waals surface area contributed by atoms with Crippen molar-refractivity contribution >= 4 is 29.1 Å². The summed E-state index contributed by atoms with van der Waals surface area (Å²) < 4.78 is 0. The summed E-state index contributed by atoms with van der Waals surface area (Å²) in [6.07, 6.45) is 0.461. The van der Waals surface area contributed by atoms with E-state index >= 15 is 0 Å². The minimum Gasteiger partial charge on any atom is -0.342 e. The zero-order chi connectivity index (χ0) is 18.1. The predicted octanol–water partition coefficient (Wildman–Crippen LogP) is 4.13. The number of likely N-dealkylation sites (tertiary alicyclic amines) is 2. The van der Waals surface area contributed by atoms with Crippen LogP contribution in [-0.4, -0.2) is 41.9 Å². The SMILES string of the molecule is O=C(Cc1ccc(Cl)cc1)N1C[C@@H]2CN(Cc3cccc(Cl)c3)C[C@H]2C1. The van der Waals surface area contributed by atoms with E-state index in [1.165, 1.54) is 5.56 Å². The van der Waals surface area contributed by atoms with Gasteiger partial charge in [0.1, 0.15) is 0 Å². The summed E-state index contributed by atoms with van der Waals surface area (Å²) in [6.45, 7) is 4.81. The molecule has 26 heavy (non-hydrogen) atoms. The fourth-order valence-corrected chi connectivity index (χ4v) is 4.54. The highest BCUT2D eigenvalue weighted by atomic mass is 35.5. The number of halogens is 2. The van der Waals surface area contributed by atoms with Gasteiger partial charge in [-0.1, -0.05) is 47.5 Å². The highest BCUT2D eigenvalue weighted by Gasteiger charge is 2.41. The molecule has 136 valence electrons. The van der Waals surface area contributed by atoms with Gasteiger partial charge in [-0.25, -0.2) is 0 Å². The van der Waals surface area contributed by atoms with Crippen LogP contribution in [-0.2, 0) is 17.8 Å². The lowest BCUT2D eigenvalue weighted by Gasteiger charge is -2.22. The number of amides is 1. The largest absolute Gasteiger partial charge is 0.342 e. The van der Waals surface area contributed by atoms with Crippen LogP contribution in [0.2, 0.25) is 10.0 Å². The number of benzene rings is 2. The molecule has 2 saturated heterocycles. The Labute approximate surface area is 164 Å². The number of hydrogen-bond acceptors (Lipinski definition) is 2. The molecular formula is C21H22Cl2N2O. The number of rotatable bonds is 4. The lowest BCUT2D eigenvalue weighted by atomic mass is 10.0. The van der Waals surface area contributed by atoms with Crippen molar-refractivity contribution < 1.29 is 4.79 Å². The van der Waals surface area contributed by atoms with Crippen LogP contribution >= 0.6 is 23.2 Å². The van der Waals surface area contributed by atoms with E-state index in [-0.39, 0.29) is 5.91 Å². The molecule has 0 saturated carbocycles.